The molecule has 198 valence electrons. The molecule has 37 heavy (non-hydrogen) atoms. The van der Waals surface area contributed by atoms with Crippen molar-refractivity contribution in [2.45, 2.75) is 24.5 Å². The highest BCUT2D eigenvalue weighted by Crippen LogP contribution is 2.38. The highest BCUT2D eigenvalue weighted by molar-refractivity contribution is 7.51. The average molecular weight is 536 g/mol. The van der Waals surface area contributed by atoms with Crippen LogP contribution in [0.3, 0.4) is 0 Å². The quantitative estimate of drug-likeness (QED) is 0.176. The molecule has 1 aliphatic rings. The summed E-state index contributed by atoms with van der Waals surface area (Å²) in [6, 6.07) is 8.14. The van der Waals surface area contributed by atoms with Crippen molar-refractivity contribution in [2.75, 3.05) is 30.1 Å². The highest BCUT2D eigenvalue weighted by atomic mass is 31.2. The second-order valence-electron chi connectivity index (χ2n) is 7.92. The number of anilines is 2. The Balaban J connectivity index is 1.43. The molecule has 1 aromatic carbocycles. The van der Waals surface area contributed by atoms with E-state index >= 15 is 0 Å². The summed E-state index contributed by atoms with van der Waals surface area (Å²) in [6.45, 7) is -1.21. The maximum Gasteiger partial charge on any atom is 0.324 e. The Morgan fingerprint density at radius 1 is 1.14 bits per heavy atom. The normalized spacial score (nSPS) is 23.0. The molecular weight excluding hydrogens is 513 g/mol. The molecule has 1 saturated heterocycles. The molecule has 4 rings (SSSR count). The number of nitrogens with one attached hydrogen (secondary N) is 3. The number of urea groups is 1. The Morgan fingerprint density at radius 3 is 2.62 bits per heavy atom. The first kappa shape index (κ1) is 26.6. The number of nitrogens with zero attached hydrogens (tertiary/aromatic N) is 4. The van der Waals surface area contributed by atoms with Crippen LogP contribution in [-0.2, 0) is 18.6 Å². The van der Waals surface area contributed by atoms with Gasteiger partial charge in [0, 0.05) is 5.69 Å². The van der Waals surface area contributed by atoms with E-state index in [1.165, 1.54) is 10.9 Å². The number of aliphatic carboxylic acids is 1. The van der Waals surface area contributed by atoms with Gasteiger partial charge in [0.1, 0.15) is 32.2 Å². The van der Waals surface area contributed by atoms with Gasteiger partial charge in [-0.25, -0.2) is 19.7 Å². The fourth-order valence-electron chi connectivity index (χ4n) is 3.55. The van der Waals surface area contributed by atoms with Crippen LogP contribution in [0.15, 0.2) is 43.0 Å². The van der Waals surface area contributed by atoms with Gasteiger partial charge in [-0.2, -0.15) is 0 Å². The Labute approximate surface area is 208 Å². The molecule has 3 heterocycles. The minimum Gasteiger partial charge on any atom is -0.778 e. The van der Waals surface area contributed by atoms with Crippen molar-refractivity contribution in [3.05, 3.63) is 43.0 Å². The van der Waals surface area contributed by atoms with Gasteiger partial charge in [0.15, 0.2) is 23.2 Å². The molecule has 0 spiro atoms. The number of ether oxygens (including phenoxy) is 1. The number of carboxylic acids is 1. The van der Waals surface area contributed by atoms with E-state index in [1.54, 1.807) is 30.3 Å². The Kier molecular flexibility index (Phi) is 8.09. The number of carboxylic acid groups (broad SMARTS) is 1. The van der Waals surface area contributed by atoms with Crippen LogP contribution in [0.2, 0.25) is 0 Å². The molecule has 3 aromatic rings. The third kappa shape index (κ3) is 6.44. The molecule has 5 atom stereocenters. The second kappa shape index (κ2) is 11.3. The van der Waals surface area contributed by atoms with Crippen molar-refractivity contribution in [3.63, 3.8) is 0 Å². The molecule has 0 radical (unpaired) electrons. The van der Waals surface area contributed by atoms with Crippen LogP contribution in [0, 0.1) is 0 Å². The topological polar surface area (TPSA) is 233 Å². The van der Waals surface area contributed by atoms with E-state index in [2.05, 4.69) is 30.9 Å². The zero-order valence-electron chi connectivity index (χ0n) is 19.0. The van der Waals surface area contributed by atoms with Crippen LogP contribution in [-0.4, -0.2) is 84.6 Å². The molecule has 1 fully saturated rings. The van der Waals surface area contributed by atoms with Gasteiger partial charge < -0.3 is 39.4 Å². The summed E-state index contributed by atoms with van der Waals surface area (Å²) >= 11 is 0. The fraction of sp³-hybridized carbons (Fsp3) is 0.350. The van der Waals surface area contributed by atoms with Crippen molar-refractivity contribution in [1.82, 2.24) is 24.8 Å². The van der Waals surface area contributed by atoms with Crippen molar-refractivity contribution >= 4 is 42.3 Å². The summed E-state index contributed by atoms with van der Waals surface area (Å²) in [5.74, 6) is -1.17. The largest absolute Gasteiger partial charge is 0.778 e. The highest BCUT2D eigenvalue weighted by Gasteiger charge is 2.44. The molecule has 6 N–H and O–H groups in total. The predicted octanol–water partition coefficient (Wildman–Crippen LogP) is -0.709. The van der Waals surface area contributed by atoms with Gasteiger partial charge in [0.05, 0.1) is 25.8 Å². The molecule has 0 saturated carbocycles. The summed E-state index contributed by atoms with van der Waals surface area (Å²) in [6.07, 6.45) is -3.81. The number of carbonyl (C=O) groups excluding carboxylic acids is 1. The molecule has 0 aliphatic carbocycles. The van der Waals surface area contributed by atoms with E-state index in [1.807, 2.05) is 0 Å². The number of rotatable bonds is 10. The van der Waals surface area contributed by atoms with Gasteiger partial charge in [-0.05, 0) is 12.1 Å². The second-order valence-corrected chi connectivity index (χ2v) is 9.72. The molecular formula is C20H23N7O9P-. The van der Waals surface area contributed by atoms with E-state index < -0.39 is 63.6 Å². The van der Waals surface area contributed by atoms with Crippen LogP contribution in [0.1, 0.15) is 6.23 Å². The number of aliphatic hydroxyl groups is 2. The van der Waals surface area contributed by atoms with E-state index in [9.17, 15) is 29.3 Å². The zero-order chi connectivity index (χ0) is 26.6. The van der Waals surface area contributed by atoms with Crippen molar-refractivity contribution in [1.29, 1.82) is 0 Å². The fourth-order valence-corrected chi connectivity index (χ4v) is 4.40. The molecule has 0 bridgehead atoms. The predicted molar refractivity (Wildman–Crippen MR) is 124 cm³/mol. The summed E-state index contributed by atoms with van der Waals surface area (Å²) in [7, 11) is -4.50. The van der Waals surface area contributed by atoms with Gasteiger partial charge in [-0.15, -0.1) is 0 Å². The van der Waals surface area contributed by atoms with E-state index in [0.717, 1.165) is 6.33 Å². The maximum absolute atomic E-state index is 12.4. The van der Waals surface area contributed by atoms with Gasteiger partial charge in [0.25, 0.3) is 0 Å². The monoisotopic (exact) mass is 536 g/mol. The van der Waals surface area contributed by atoms with E-state index in [-0.39, 0.29) is 17.0 Å². The molecule has 2 aromatic heterocycles. The third-order valence-electron chi connectivity index (χ3n) is 5.25. The third-order valence-corrected chi connectivity index (χ3v) is 6.40. The number of para-hydroxylation sites is 1. The van der Waals surface area contributed by atoms with Crippen LogP contribution in [0.25, 0.3) is 11.2 Å². The number of amides is 2. The lowest BCUT2D eigenvalue weighted by atomic mass is 10.1. The molecule has 2 unspecified atom stereocenters. The van der Waals surface area contributed by atoms with Gasteiger partial charge >= 0.3 is 12.0 Å². The van der Waals surface area contributed by atoms with E-state index in [4.69, 9.17) is 14.4 Å². The van der Waals surface area contributed by atoms with Crippen LogP contribution in [0.5, 0.6) is 0 Å². The maximum atomic E-state index is 12.4. The van der Waals surface area contributed by atoms with Crippen molar-refractivity contribution < 1.29 is 43.6 Å². The number of aliphatic hydroxyl groups excluding tert-OH is 2. The zero-order valence-corrected chi connectivity index (χ0v) is 19.9. The Bertz CT molecular complexity index is 1310. The lowest BCUT2D eigenvalue weighted by Gasteiger charge is -2.25. The van der Waals surface area contributed by atoms with Crippen LogP contribution < -0.4 is 20.8 Å². The molecule has 16 nitrogen and oxygen atoms in total. The lowest BCUT2D eigenvalue weighted by Crippen LogP contribution is -2.34. The number of fused-ring (bicyclic) bond motifs is 1. The Morgan fingerprint density at radius 2 is 1.89 bits per heavy atom. The van der Waals surface area contributed by atoms with Crippen LogP contribution in [0.4, 0.5) is 16.3 Å². The van der Waals surface area contributed by atoms with Crippen molar-refractivity contribution in [2.24, 2.45) is 0 Å². The summed E-state index contributed by atoms with van der Waals surface area (Å²) in [5, 5.41) is 36.9. The molecule has 2 amide bonds. The van der Waals surface area contributed by atoms with Gasteiger partial charge in [-0.1, -0.05) is 18.2 Å². The Hall–Kier alpha value is -3.50. The number of hydrogen-bond donors (Lipinski definition) is 6. The van der Waals surface area contributed by atoms with E-state index in [0.29, 0.717) is 5.69 Å². The number of carbonyl (C=O) groups is 2. The summed E-state index contributed by atoms with van der Waals surface area (Å²) < 4.78 is 23.7. The SMILES string of the molecule is O=C(O)CNCP(=O)([O-])OC[C@H]1O[C@@H](n2cnc3c(NC(=O)Nc4ccccc4)ncnc32)[C@@H](O)C1O. The number of benzene rings is 1. The first-order valence-electron chi connectivity index (χ1n) is 10.8. The average Bonchev–Trinajstić information content (AvgIpc) is 3.40. The van der Waals surface area contributed by atoms with Crippen LogP contribution >= 0.6 is 7.60 Å². The smallest absolute Gasteiger partial charge is 0.324 e. The summed E-state index contributed by atoms with van der Waals surface area (Å²) in [4.78, 5) is 47.2. The first-order valence-corrected chi connectivity index (χ1v) is 12.6. The molecule has 17 heteroatoms. The molecule has 1 aliphatic heterocycles. The van der Waals surface area contributed by atoms with Gasteiger partial charge in [0.2, 0.25) is 0 Å². The minimum absolute atomic E-state index is 0.0752. The minimum atomic E-state index is -4.50. The standard InChI is InChI=1S/C20H24N7O9P/c28-13(29)6-21-10-37(33,34)35-7-12-15(30)16(31)19(36-12)27-9-24-14-17(22-8-23-18(14)27)26-20(32)25-11-4-2-1-3-5-11/h1-5,8-9,12,15-16,19,21,30-31H,6-7,10H2,(H,28,29)(H,33,34)(H2,22,23,25,26,32)/p-1/t12-,15?,16+,19-/m1/s1. The van der Waals surface area contributed by atoms with Gasteiger partial charge in [-0.3, -0.25) is 20.0 Å². The lowest BCUT2D eigenvalue weighted by molar-refractivity contribution is -0.202. The first-order chi connectivity index (χ1) is 17.6. The number of imidazole rings is 1. The summed E-state index contributed by atoms with van der Waals surface area (Å²) in [5.41, 5.74) is 0.889. The van der Waals surface area contributed by atoms with Crippen molar-refractivity contribution in [3.8, 4) is 0 Å². The number of aromatic nitrogens is 4. The number of hydrogen-bond acceptors (Lipinski definition) is 12.